The van der Waals surface area contributed by atoms with Gasteiger partial charge in [0, 0.05) is 12.2 Å². The number of rotatable bonds is 4. The Labute approximate surface area is 125 Å². The summed E-state index contributed by atoms with van der Waals surface area (Å²) in [4.78, 5) is 12.1. The first-order valence-corrected chi connectivity index (χ1v) is 6.92. The van der Waals surface area contributed by atoms with Crippen LogP contribution in [0.5, 0.6) is 0 Å². The summed E-state index contributed by atoms with van der Waals surface area (Å²) in [6.45, 7) is 0.385. The van der Waals surface area contributed by atoms with E-state index in [1.165, 1.54) is 0 Å². The highest BCUT2D eigenvalue weighted by molar-refractivity contribution is 9.10. The van der Waals surface area contributed by atoms with E-state index in [-0.39, 0.29) is 12.5 Å². The maximum Gasteiger partial charge on any atom is 0.252 e. The van der Waals surface area contributed by atoms with E-state index in [9.17, 15) is 4.79 Å². The molecule has 0 atom stereocenters. The zero-order valence-corrected chi connectivity index (χ0v) is 12.4. The summed E-state index contributed by atoms with van der Waals surface area (Å²) in [5.74, 6) is -0.196. The van der Waals surface area contributed by atoms with Gasteiger partial charge in [-0.1, -0.05) is 30.3 Å². The number of anilines is 1. The van der Waals surface area contributed by atoms with Crippen molar-refractivity contribution in [1.82, 2.24) is 5.32 Å². The molecular formula is C15H15BrN2O2. The minimum absolute atomic E-state index is 0.0114. The number of hydrogen-bond donors (Lipinski definition) is 3. The average molecular weight is 335 g/mol. The van der Waals surface area contributed by atoms with E-state index in [0.29, 0.717) is 22.3 Å². The first-order valence-electron chi connectivity index (χ1n) is 6.12. The molecule has 0 spiro atoms. The minimum Gasteiger partial charge on any atom is -0.398 e. The molecule has 0 radical (unpaired) electrons. The van der Waals surface area contributed by atoms with Crippen molar-refractivity contribution in [2.45, 2.75) is 13.2 Å². The molecule has 20 heavy (non-hydrogen) atoms. The molecule has 0 saturated heterocycles. The van der Waals surface area contributed by atoms with E-state index in [1.54, 1.807) is 18.2 Å². The van der Waals surface area contributed by atoms with Crippen molar-refractivity contribution in [1.29, 1.82) is 0 Å². The van der Waals surface area contributed by atoms with Crippen LogP contribution in [-0.4, -0.2) is 11.0 Å². The van der Waals surface area contributed by atoms with Crippen LogP contribution in [0.15, 0.2) is 46.9 Å². The number of nitrogen functional groups attached to an aromatic ring is 1. The Kier molecular flexibility index (Phi) is 4.76. The van der Waals surface area contributed by atoms with Crippen molar-refractivity contribution in [2.75, 3.05) is 5.73 Å². The molecule has 0 aliphatic carbocycles. The van der Waals surface area contributed by atoms with Crippen LogP contribution < -0.4 is 11.1 Å². The number of amides is 1. The van der Waals surface area contributed by atoms with Gasteiger partial charge in [-0.25, -0.2) is 0 Å². The number of nitrogens with one attached hydrogen (secondary N) is 1. The first kappa shape index (κ1) is 14.6. The second-order valence-corrected chi connectivity index (χ2v) is 5.16. The molecule has 104 valence electrons. The largest absolute Gasteiger partial charge is 0.398 e. The number of carbonyl (C=O) groups excluding carboxylic acids is 1. The van der Waals surface area contributed by atoms with Crippen LogP contribution in [0.2, 0.25) is 0 Å². The average Bonchev–Trinajstić information content (AvgIpc) is 2.48. The Morgan fingerprint density at radius 2 is 1.90 bits per heavy atom. The molecule has 0 fully saturated rings. The van der Waals surface area contributed by atoms with Crippen LogP contribution in [0.4, 0.5) is 5.69 Å². The van der Waals surface area contributed by atoms with Crippen molar-refractivity contribution in [3.8, 4) is 0 Å². The minimum atomic E-state index is -0.196. The fraction of sp³-hybridized carbons (Fsp3) is 0.133. The van der Waals surface area contributed by atoms with Gasteiger partial charge in [-0.15, -0.1) is 0 Å². The highest BCUT2D eigenvalue weighted by Gasteiger charge is 2.11. The number of aliphatic hydroxyl groups excluding tert-OH is 1. The number of benzene rings is 2. The second-order valence-electron chi connectivity index (χ2n) is 4.37. The summed E-state index contributed by atoms with van der Waals surface area (Å²) in [5, 5.41) is 11.9. The maximum absolute atomic E-state index is 12.1. The van der Waals surface area contributed by atoms with E-state index in [4.69, 9.17) is 10.8 Å². The maximum atomic E-state index is 12.1. The van der Waals surface area contributed by atoms with Gasteiger partial charge < -0.3 is 16.2 Å². The van der Waals surface area contributed by atoms with Crippen molar-refractivity contribution >= 4 is 27.5 Å². The molecule has 0 unspecified atom stereocenters. The lowest BCUT2D eigenvalue weighted by Crippen LogP contribution is -2.23. The Morgan fingerprint density at radius 1 is 1.20 bits per heavy atom. The zero-order chi connectivity index (χ0) is 14.5. The number of aliphatic hydroxyl groups is 1. The third kappa shape index (κ3) is 3.37. The molecule has 2 aromatic carbocycles. The van der Waals surface area contributed by atoms with Gasteiger partial charge in [0.25, 0.3) is 5.91 Å². The van der Waals surface area contributed by atoms with E-state index >= 15 is 0 Å². The molecule has 4 N–H and O–H groups in total. The zero-order valence-electron chi connectivity index (χ0n) is 10.8. The molecular weight excluding hydrogens is 320 g/mol. The van der Waals surface area contributed by atoms with Gasteiger partial charge in [0.2, 0.25) is 0 Å². The quantitative estimate of drug-likeness (QED) is 0.752. The second kappa shape index (κ2) is 6.54. The van der Waals surface area contributed by atoms with Crippen LogP contribution in [0.3, 0.4) is 0 Å². The molecule has 2 aromatic rings. The Hall–Kier alpha value is -1.85. The Bertz CT molecular complexity index is 629. The van der Waals surface area contributed by atoms with Crippen LogP contribution in [-0.2, 0) is 13.2 Å². The molecule has 0 bridgehead atoms. The van der Waals surface area contributed by atoms with Crippen molar-refractivity contribution in [3.05, 3.63) is 63.6 Å². The molecule has 1 amide bonds. The number of halogens is 1. The lowest BCUT2D eigenvalue weighted by Gasteiger charge is -2.09. The smallest absolute Gasteiger partial charge is 0.252 e. The molecule has 0 heterocycles. The molecule has 4 nitrogen and oxygen atoms in total. The fourth-order valence-corrected chi connectivity index (χ4v) is 2.29. The standard InChI is InChI=1S/C15H15BrN2O2/c16-14-12(5-2-6-13(14)17)15(20)18-8-10-3-1-4-11(7-10)9-19/h1-7,19H,8-9,17H2,(H,18,20). The lowest BCUT2D eigenvalue weighted by atomic mass is 10.1. The molecule has 5 heteroatoms. The highest BCUT2D eigenvalue weighted by Crippen LogP contribution is 2.23. The predicted octanol–water partition coefficient (Wildman–Crippen LogP) is 2.45. The van der Waals surface area contributed by atoms with Crippen LogP contribution in [0.25, 0.3) is 0 Å². The molecule has 0 saturated carbocycles. The summed E-state index contributed by atoms with van der Waals surface area (Å²) >= 11 is 3.31. The Morgan fingerprint density at radius 3 is 2.65 bits per heavy atom. The normalized spacial score (nSPS) is 10.3. The summed E-state index contributed by atoms with van der Waals surface area (Å²) in [6, 6.07) is 12.6. The molecule has 0 aromatic heterocycles. The van der Waals surface area contributed by atoms with Crippen LogP contribution >= 0.6 is 15.9 Å². The monoisotopic (exact) mass is 334 g/mol. The van der Waals surface area contributed by atoms with Crippen LogP contribution in [0, 0.1) is 0 Å². The van der Waals surface area contributed by atoms with Gasteiger partial charge >= 0.3 is 0 Å². The van der Waals surface area contributed by atoms with Crippen LogP contribution in [0.1, 0.15) is 21.5 Å². The SMILES string of the molecule is Nc1cccc(C(=O)NCc2cccc(CO)c2)c1Br. The van der Waals surface area contributed by atoms with E-state index < -0.39 is 0 Å². The van der Waals surface area contributed by atoms with E-state index in [0.717, 1.165) is 11.1 Å². The molecule has 0 aliphatic heterocycles. The molecule has 2 rings (SSSR count). The topological polar surface area (TPSA) is 75.4 Å². The number of hydrogen-bond acceptors (Lipinski definition) is 3. The van der Waals surface area contributed by atoms with Gasteiger partial charge in [-0.2, -0.15) is 0 Å². The number of nitrogens with two attached hydrogens (primary N) is 1. The van der Waals surface area contributed by atoms with E-state index in [2.05, 4.69) is 21.2 Å². The third-order valence-electron chi connectivity index (χ3n) is 2.90. The van der Waals surface area contributed by atoms with Gasteiger partial charge in [0.05, 0.1) is 16.6 Å². The van der Waals surface area contributed by atoms with Crippen molar-refractivity contribution in [3.63, 3.8) is 0 Å². The van der Waals surface area contributed by atoms with Crippen molar-refractivity contribution < 1.29 is 9.90 Å². The highest BCUT2D eigenvalue weighted by atomic mass is 79.9. The van der Waals surface area contributed by atoms with Gasteiger partial charge in [-0.3, -0.25) is 4.79 Å². The number of carbonyl (C=O) groups is 1. The van der Waals surface area contributed by atoms with Crippen molar-refractivity contribution in [2.24, 2.45) is 0 Å². The lowest BCUT2D eigenvalue weighted by molar-refractivity contribution is 0.0950. The van der Waals surface area contributed by atoms with Gasteiger partial charge in [0.15, 0.2) is 0 Å². The molecule has 0 aliphatic rings. The van der Waals surface area contributed by atoms with E-state index in [1.807, 2.05) is 24.3 Å². The fourth-order valence-electron chi connectivity index (χ4n) is 1.84. The van der Waals surface area contributed by atoms with Gasteiger partial charge in [0.1, 0.15) is 0 Å². The summed E-state index contributed by atoms with van der Waals surface area (Å²) in [5.41, 5.74) is 8.54. The Balaban J connectivity index is 2.06. The third-order valence-corrected chi connectivity index (χ3v) is 3.79. The summed E-state index contributed by atoms with van der Waals surface area (Å²) < 4.78 is 0.599. The van der Waals surface area contributed by atoms with Gasteiger partial charge in [-0.05, 0) is 39.2 Å². The first-order chi connectivity index (χ1) is 9.61. The predicted molar refractivity (Wildman–Crippen MR) is 82.1 cm³/mol. The summed E-state index contributed by atoms with van der Waals surface area (Å²) in [7, 11) is 0. The summed E-state index contributed by atoms with van der Waals surface area (Å²) in [6.07, 6.45) is 0.